The first-order valence-corrected chi connectivity index (χ1v) is 11.2. The summed E-state index contributed by atoms with van der Waals surface area (Å²) in [5.41, 5.74) is 3.12. The average Bonchev–Trinajstić information content (AvgIpc) is 3.09. The fraction of sp³-hybridized carbons (Fsp3) is 0.217. The molecule has 0 unspecified atom stereocenters. The lowest BCUT2D eigenvalue weighted by Crippen LogP contribution is -2.23. The maximum absolute atomic E-state index is 13.4. The minimum absolute atomic E-state index is 0.0933. The van der Waals surface area contributed by atoms with E-state index >= 15 is 0 Å². The summed E-state index contributed by atoms with van der Waals surface area (Å²) < 4.78 is 10.4. The van der Waals surface area contributed by atoms with Crippen LogP contribution in [0.2, 0.25) is 0 Å². The Labute approximate surface area is 187 Å². The molecule has 5 rings (SSSR count). The lowest BCUT2D eigenvalue weighted by molar-refractivity contribution is 0.415. The van der Waals surface area contributed by atoms with Crippen LogP contribution in [-0.2, 0) is 19.3 Å². The van der Waals surface area contributed by atoms with Gasteiger partial charge in [0.25, 0.3) is 11.1 Å². The Morgan fingerprint density at radius 3 is 2.72 bits per heavy atom. The van der Waals surface area contributed by atoms with Gasteiger partial charge in [-0.2, -0.15) is 0 Å². The number of hydrogen-bond donors (Lipinski definition) is 0. The van der Waals surface area contributed by atoms with Crippen LogP contribution in [0.1, 0.15) is 12.6 Å². The van der Waals surface area contributed by atoms with Crippen LogP contribution in [0.25, 0.3) is 27.6 Å². The first kappa shape index (κ1) is 20.3. The predicted octanol–water partition coefficient (Wildman–Crippen LogP) is 3.22. The van der Waals surface area contributed by atoms with Gasteiger partial charge >= 0.3 is 0 Å². The fourth-order valence-corrected chi connectivity index (χ4v) is 4.91. The fourth-order valence-electron chi connectivity index (χ4n) is 3.96. The SMILES string of the molecule is CCn1c(SCc2cc(=O)n3ccccc3n2)nc2c3cc(OC)ccc3n(C)c2c1=O. The van der Waals surface area contributed by atoms with Crippen molar-refractivity contribution < 1.29 is 4.74 Å². The summed E-state index contributed by atoms with van der Waals surface area (Å²) in [7, 11) is 3.49. The molecule has 5 aromatic rings. The van der Waals surface area contributed by atoms with Crippen molar-refractivity contribution in [3.63, 3.8) is 0 Å². The van der Waals surface area contributed by atoms with Gasteiger partial charge in [-0.1, -0.05) is 17.8 Å². The van der Waals surface area contributed by atoms with Gasteiger partial charge in [-0.25, -0.2) is 9.97 Å². The van der Waals surface area contributed by atoms with Crippen molar-refractivity contribution in [2.45, 2.75) is 24.4 Å². The highest BCUT2D eigenvalue weighted by Crippen LogP contribution is 2.30. The summed E-state index contributed by atoms with van der Waals surface area (Å²) in [5.74, 6) is 1.13. The van der Waals surface area contributed by atoms with E-state index in [0.29, 0.717) is 45.6 Å². The molecule has 0 amide bonds. The highest BCUT2D eigenvalue weighted by Gasteiger charge is 2.18. The van der Waals surface area contributed by atoms with Crippen molar-refractivity contribution in [1.82, 2.24) is 23.5 Å². The van der Waals surface area contributed by atoms with Crippen molar-refractivity contribution >= 4 is 39.3 Å². The van der Waals surface area contributed by atoms with Gasteiger partial charge in [-0.3, -0.25) is 18.6 Å². The summed E-state index contributed by atoms with van der Waals surface area (Å²) in [5, 5.41) is 1.46. The lowest BCUT2D eigenvalue weighted by Gasteiger charge is -2.10. The van der Waals surface area contributed by atoms with Gasteiger partial charge in [0, 0.05) is 37.0 Å². The molecule has 4 aromatic heterocycles. The number of fused-ring (bicyclic) bond motifs is 4. The third kappa shape index (κ3) is 3.16. The van der Waals surface area contributed by atoms with Crippen LogP contribution in [0, 0.1) is 0 Å². The van der Waals surface area contributed by atoms with Crippen LogP contribution in [0.15, 0.2) is 63.4 Å². The lowest BCUT2D eigenvalue weighted by atomic mass is 10.2. The molecule has 0 aliphatic carbocycles. The van der Waals surface area contributed by atoms with Crippen molar-refractivity contribution in [1.29, 1.82) is 0 Å². The second kappa shape index (κ2) is 7.83. The third-order valence-corrected chi connectivity index (χ3v) is 6.57. The number of methoxy groups -OCH3 is 1. The Hall–Kier alpha value is -3.59. The quantitative estimate of drug-likeness (QED) is 0.304. The number of thioether (sulfide) groups is 1. The van der Waals surface area contributed by atoms with Gasteiger partial charge in [-0.05, 0) is 37.3 Å². The van der Waals surface area contributed by atoms with Crippen molar-refractivity contribution in [2.24, 2.45) is 7.05 Å². The van der Waals surface area contributed by atoms with Crippen molar-refractivity contribution in [3.8, 4) is 5.75 Å². The number of ether oxygens (including phenoxy) is 1. The van der Waals surface area contributed by atoms with Crippen LogP contribution in [-0.4, -0.2) is 30.6 Å². The molecular formula is C23H21N5O3S. The second-order valence-corrected chi connectivity index (χ2v) is 8.33. The topological polar surface area (TPSA) is 83.4 Å². The number of benzene rings is 1. The smallest absolute Gasteiger partial charge is 0.278 e. The van der Waals surface area contributed by atoms with Crippen LogP contribution >= 0.6 is 11.8 Å². The Morgan fingerprint density at radius 1 is 1.09 bits per heavy atom. The highest BCUT2D eigenvalue weighted by molar-refractivity contribution is 7.98. The molecule has 0 aliphatic rings. The molecule has 0 N–H and O–H groups in total. The molecule has 9 heteroatoms. The Bertz CT molecular complexity index is 1620. The van der Waals surface area contributed by atoms with E-state index in [-0.39, 0.29) is 11.1 Å². The molecule has 0 bridgehead atoms. The molecule has 1 aromatic carbocycles. The zero-order chi connectivity index (χ0) is 22.4. The van der Waals surface area contributed by atoms with Crippen molar-refractivity contribution in [2.75, 3.05) is 7.11 Å². The largest absolute Gasteiger partial charge is 0.497 e. The van der Waals surface area contributed by atoms with Crippen LogP contribution in [0.4, 0.5) is 0 Å². The Kier molecular flexibility index (Phi) is 4.97. The minimum Gasteiger partial charge on any atom is -0.497 e. The van der Waals surface area contributed by atoms with E-state index in [1.54, 1.807) is 30.0 Å². The normalized spacial score (nSPS) is 11.6. The first-order valence-electron chi connectivity index (χ1n) is 10.2. The zero-order valence-electron chi connectivity index (χ0n) is 17.9. The molecule has 4 heterocycles. The Balaban J connectivity index is 1.63. The number of aromatic nitrogens is 5. The zero-order valence-corrected chi connectivity index (χ0v) is 18.7. The number of nitrogens with zero attached hydrogens (tertiary/aromatic N) is 5. The second-order valence-electron chi connectivity index (χ2n) is 7.39. The summed E-state index contributed by atoms with van der Waals surface area (Å²) in [4.78, 5) is 35.2. The van der Waals surface area contributed by atoms with Crippen LogP contribution in [0.3, 0.4) is 0 Å². The standard InChI is InChI=1S/C23H21N5O3S/c1-4-27-22(30)21-20(16-12-15(31-3)8-9-17(16)26(21)2)25-23(27)32-13-14-11-19(29)28-10-6-5-7-18(28)24-14/h5-12H,4,13H2,1-3H3. The summed E-state index contributed by atoms with van der Waals surface area (Å²) in [6.45, 7) is 2.41. The number of hydrogen-bond acceptors (Lipinski definition) is 6. The molecule has 0 saturated carbocycles. The molecule has 32 heavy (non-hydrogen) atoms. The molecule has 0 spiro atoms. The molecule has 8 nitrogen and oxygen atoms in total. The van der Waals surface area contributed by atoms with E-state index in [1.165, 1.54) is 22.2 Å². The maximum Gasteiger partial charge on any atom is 0.278 e. The van der Waals surface area contributed by atoms with Gasteiger partial charge in [0.15, 0.2) is 5.16 Å². The van der Waals surface area contributed by atoms with E-state index in [9.17, 15) is 9.59 Å². The first-order chi connectivity index (χ1) is 15.5. The van der Waals surface area contributed by atoms with Gasteiger partial charge in [0.1, 0.15) is 22.4 Å². The van der Waals surface area contributed by atoms with Gasteiger partial charge < -0.3 is 9.30 Å². The number of aryl methyl sites for hydroxylation is 1. The van der Waals surface area contributed by atoms with Gasteiger partial charge in [-0.15, -0.1) is 0 Å². The molecule has 0 fully saturated rings. The van der Waals surface area contributed by atoms with Crippen LogP contribution in [0.5, 0.6) is 5.75 Å². The number of rotatable bonds is 5. The molecule has 0 saturated heterocycles. The predicted molar refractivity (Wildman–Crippen MR) is 126 cm³/mol. The Morgan fingerprint density at radius 2 is 1.94 bits per heavy atom. The van der Waals surface area contributed by atoms with E-state index in [1.807, 2.05) is 42.8 Å². The number of pyridine rings is 1. The van der Waals surface area contributed by atoms with E-state index < -0.39 is 0 Å². The molecule has 0 aliphatic heterocycles. The maximum atomic E-state index is 13.4. The van der Waals surface area contributed by atoms with E-state index in [4.69, 9.17) is 9.72 Å². The van der Waals surface area contributed by atoms with Crippen molar-refractivity contribution in [3.05, 3.63) is 75.1 Å². The summed E-state index contributed by atoms with van der Waals surface area (Å²) in [6.07, 6.45) is 1.70. The molecule has 0 radical (unpaired) electrons. The average molecular weight is 448 g/mol. The summed E-state index contributed by atoms with van der Waals surface area (Å²) in [6, 6.07) is 12.7. The van der Waals surface area contributed by atoms with Crippen LogP contribution < -0.4 is 15.9 Å². The molecular weight excluding hydrogens is 426 g/mol. The molecule has 162 valence electrons. The summed E-state index contributed by atoms with van der Waals surface area (Å²) >= 11 is 1.40. The van der Waals surface area contributed by atoms with E-state index in [0.717, 1.165) is 10.9 Å². The van der Waals surface area contributed by atoms with E-state index in [2.05, 4.69) is 4.98 Å². The minimum atomic E-state index is -0.136. The third-order valence-electron chi connectivity index (χ3n) is 5.56. The van der Waals surface area contributed by atoms with Gasteiger partial charge in [0.2, 0.25) is 0 Å². The highest BCUT2D eigenvalue weighted by atomic mass is 32.2. The monoisotopic (exact) mass is 447 g/mol. The molecule has 0 atom stereocenters. The van der Waals surface area contributed by atoms with Gasteiger partial charge in [0.05, 0.1) is 18.3 Å².